The van der Waals surface area contributed by atoms with Crippen molar-refractivity contribution in [3.63, 3.8) is 0 Å². The summed E-state index contributed by atoms with van der Waals surface area (Å²) in [5.74, 6) is 2.55. The van der Waals surface area contributed by atoms with Crippen LogP contribution in [0, 0.1) is 5.92 Å². The number of fused-ring (bicyclic) bond motifs is 1. The summed E-state index contributed by atoms with van der Waals surface area (Å²) in [5.41, 5.74) is 6.02. The predicted molar refractivity (Wildman–Crippen MR) is 101 cm³/mol. The van der Waals surface area contributed by atoms with E-state index in [4.69, 9.17) is 5.73 Å². The lowest BCUT2D eigenvalue weighted by Crippen LogP contribution is -2.42. The number of likely N-dealkylation sites (tertiary alicyclic amines) is 1. The van der Waals surface area contributed by atoms with E-state index in [0.717, 1.165) is 63.3 Å². The second kappa shape index (κ2) is 8.69. The number of rotatable bonds is 2. The molecule has 0 bridgehead atoms. The van der Waals surface area contributed by atoms with Crippen molar-refractivity contribution in [1.82, 2.24) is 19.7 Å². The average Bonchev–Trinajstić information content (AvgIpc) is 3.20. The molecule has 4 rings (SSSR count). The number of amides is 1. The van der Waals surface area contributed by atoms with Crippen molar-refractivity contribution in [2.45, 2.75) is 76.4 Å². The standard InChI is InChI=1S/C17H27N5O.2ClH/c18-13-8-7-12(11-13)17(23)21-9-3-1-5-14(21)16-20-19-15-6-2-4-10-22(15)16;;/h12-14H,1-11,18H2;2*1H. The van der Waals surface area contributed by atoms with Crippen molar-refractivity contribution >= 4 is 30.7 Å². The molecule has 2 fully saturated rings. The van der Waals surface area contributed by atoms with E-state index in [1.54, 1.807) is 0 Å². The minimum absolute atomic E-state index is 0. The number of nitrogens with zero attached hydrogens (tertiary/aromatic N) is 4. The van der Waals surface area contributed by atoms with E-state index in [-0.39, 0.29) is 42.8 Å². The van der Waals surface area contributed by atoms with Crippen LogP contribution < -0.4 is 5.73 Å². The first kappa shape index (κ1) is 20.5. The molecule has 8 heteroatoms. The fraction of sp³-hybridized carbons (Fsp3) is 0.824. The van der Waals surface area contributed by atoms with Crippen molar-refractivity contribution in [3.8, 4) is 0 Å². The molecule has 2 N–H and O–H groups in total. The highest BCUT2D eigenvalue weighted by molar-refractivity contribution is 5.85. The van der Waals surface area contributed by atoms with Gasteiger partial charge in [0.05, 0.1) is 6.04 Å². The normalized spacial score (nSPS) is 28.7. The molecule has 0 radical (unpaired) electrons. The molecule has 1 aromatic rings. The van der Waals surface area contributed by atoms with Gasteiger partial charge in [-0.1, -0.05) is 0 Å². The van der Waals surface area contributed by atoms with E-state index in [1.165, 1.54) is 19.3 Å². The Bertz CT molecular complexity index is 594. The van der Waals surface area contributed by atoms with Gasteiger partial charge in [-0.05, 0) is 51.4 Å². The summed E-state index contributed by atoms with van der Waals surface area (Å²) in [6, 6.07) is 0.320. The molecule has 6 nitrogen and oxygen atoms in total. The van der Waals surface area contributed by atoms with Crippen LogP contribution in [-0.2, 0) is 17.8 Å². The molecule has 1 aromatic heterocycles. The maximum Gasteiger partial charge on any atom is 0.226 e. The summed E-state index contributed by atoms with van der Waals surface area (Å²) in [7, 11) is 0. The number of hydrogen-bond donors (Lipinski definition) is 1. The number of nitrogens with two attached hydrogens (primary N) is 1. The molecule has 1 saturated heterocycles. The Kier molecular flexibility index (Phi) is 7.11. The number of halogens is 2. The third-order valence-electron chi connectivity index (χ3n) is 5.79. The zero-order valence-corrected chi connectivity index (χ0v) is 16.2. The minimum atomic E-state index is 0. The molecule has 3 unspecified atom stereocenters. The zero-order chi connectivity index (χ0) is 15.8. The Morgan fingerprint density at radius 3 is 2.56 bits per heavy atom. The SMILES string of the molecule is Cl.Cl.NC1CCC(C(=O)N2CCCCC2c2nnc3n2CCCC3)C1. The first-order valence-electron chi connectivity index (χ1n) is 9.22. The summed E-state index contributed by atoms with van der Waals surface area (Å²) in [5, 5.41) is 8.88. The highest BCUT2D eigenvalue weighted by Crippen LogP contribution is 2.35. The lowest BCUT2D eigenvalue weighted by atomic mass is 9.97. The first-order valence-corrected chi connectivity index (χ1v) is 9.22. The molecule has 142 valence electrons. The zero-order valence-electron chi connectivity index (χ0n) is 14.6. The second-order valence-corrected chi connectivity index (χ2v) is 7.40. The molecule has 1 amide bonds. The highest BCUT2D eigenvalue weighted by Gasteiger charge is 2.37. The van der Waals surface area contributed by atoms with Gasteiger partial charge in [0.15, 0.2) is 5.82 Å². The quantitative estimate of drug-likeness (QED) is 0.842. The van der Waals surface area contributed by atoms with E-state index in [1.807, 2.05) is 0 Å². The topological polar surface area (TPSA) is 77.0 Å². The molecule has 1 saturated carbocycles. The number of aryl methyl sites for hydroxylation is 1. The van der Waals surface area contributed by atoms with E-state index >= 15 is 0 Å². The molecular formula is C17H29Cl2N5O. The fourth-order valence-corrected chi connectivity index (χ4v) is 4.52. The first-order chi connectivity index (χ1) is 11.2. The van der Waals surface area contributed by atoms with Gasteiger partial charge in [0.1, 0.15) is 5.82 Å². The molecule has 0 aromatic carbocycles. The molecule has 3 atom stereocenters. The minimum Gasteiger partial charge on any atom is -0.332 e. The lowest BCUT2D eigenvalue weighted by Gasteiger charge is -2.37. The third kappa shape index (κ3) is 3.96. The van der Waals surface area contributed by atoms with Crippen molar-refractivity contribution in [3.05, 3.63) is 11.6 Å². The molecular weight excluding hydrogens is 361 g/mol. The van der Waals surface area contributed by atoms with Crippen molar-refractivity contribution < 1.29 is 4.79 Å². The number of aromatic nitrogens is 3. The fourth-order valence-electron chi connectivity index (χ4n) is 4.52. The summed E-state index contributed by atoms with van der Waals surface area (Å²) in [6.07, 6.45) is 9.47. The van der Waals surface area contributed by atoms with Crippen molar-refractivity contribution in [1.29, 1.82) is 0 Å². The van der Waals surface area contributed by atoms with Crippen molar-refractivity contribution in [2.75, 3.05) is 6.54 Å². The number of carbonyl (C=O) groups excluding carboxylic acids is 1. The smallest absolute Gasteiger partial charge is 0.226 e. The van der Waals surface area contributed by atoms with Crippen LogP contribution in [-0.4, -0.2) is 38.2 Å². The van der Waals surface area contributed by atoms with E-state index in [9.17, 15) is 4.79 Å². The van der Waals surface area contributed by atoms with Gasteiger partial charge in [-0.3, -0.25) is 4.79 Å². The highest BCUT2D eigenvalue weighted by atomic mass is 35.5. The summed E-state index contributed by atoms with van der Waals surface area (Å²) >= 11 is 0. The Hall–Kier alpha value is -0.850. The third-order valence-corrected chi connectivity index (χ3v) is 5.79. The van der Waals surface area contributed by atoms with E-state index in [2.05, 4.69) is 19.7 Å². The monoisotopic (exact) mass is 389 g/mol. The van der Waals surface area contributed by atoms with Crippen LogP contribution in [0.25, 0.3) is 0 Å². The number of hydrogen-bond acceptors (Lipinski definition) is 4. The van der Waals surface area contributed by atoms with Crippen LogP contribution in [0.4, 0.5) is 0 Å². The van der Waals surface area contributed by atoms with Crippen LogP contribution >= 0.6 is 24.8 Å². The van der Waals surface area contributed by atoms with Crippen LogP contribution in [0.15, 0.2) is 0 Å². The summed E-state index contributed by atoms with van der Waals surface area (Å²) < 4.78 is 2.28. The van der Waals surface area contributed by atoms with Crippen LogP contribution in [0.1, 0.15) is 69.1 Å². The Morgan fingerprint density at radius 1 is 1.00 bits per heavy atom. The Labute approximate surface area is 161 Å². The molecule has 3 heterocycles. The summed E-state index contributed by atoms with van der Waals surface area (Å²) in [6.45, 7) is 1.86. The van der Waals surface area contributed by atoms with Crippen molar-refractivity contribution in [2.24, 2.45) is 11.7 Å². The van der Waals surface area contributed by atoms with Gasteiger partial charge in [-0.25, -0.2) is 0 Å². The van der Waals surface area contributed by atoms with Gasteiger partial charge in [0.25, 0.3) is 0 Å². The van der Waals surface area contributed by atoms with Gasteiger partial charge < -0.3 is 15.2 Å². The Morgan fingerprint density at radius 2 is 1.80 bits per heavy atom. The van der Waals surface area contributed by atoms with Gasteiger partial charge >= 0.3 is 0 Å². The molecule has 0 spiro atoms. The lowest BCUT2D eigenvalue weighted by molar-refractivity contribution is -0.139. The van der Waals surface area contributed by atoms with Gasteiger partial charge in [0.2, 0.25) is 5.91 Å². The largest absolute Gasteiger partial charge is 0.332 e. The van der Waals surface area contributed by atoms with Gasteiger partial charge in [-0.2, -0.15) is 0 Å². The molecule has 3 aliphatic rings. The average molecular weight is 390 g/mol. The van der Waals surface area contributed by atoms with Crippen LogP contribution in [0.2, 0.25) is 0 Å². The van der Waals surface area contributed by atoms with E-state index < -0.39 is 0 Å². The number of carbonyl (C=O) groups is 1. The maximum atomic E-state index is 13.0. The van der Waals surface area contributed by atoms with E-state index in [0.29, 0.717) is 5.91 Å². The molecule has 2 aliphatic heterocycles. The summed E-state index contributed by atoms with van der Waals surface area (Å²) in [4.78, 5) is 15.1. The predicted octanol–water partition coefficient (Wildman–Crippen LogP) is 2.64. The van der Waals surface area contributed by atoms with Gasteiger partial charge in [0, 0.05) is 31.5 Å². The molecule has 1 aliphatic carbocycles. The van der Waals surface area contributed by atoms with Crippen LogP contribution in [0.3, 0.4) is 0 Å². The number of piperidine rings is 1. The van der Waals surface area contributed by atoms with Crippen LogP contribution in [0.5, 0.6) is 0 Å². The van der Waals surface area contributed by atoms with Gasteiger partial charge in [-0.15, -0.1) is 35.0 Å². The molecule has 25 heavy (non-hydrogen) atoms. The second-order valence-electron chi connectivity index (χ2n) is 7.40. The maximum absolute atomic E-state index is 13.0. The Balaban J connectivity index is 0.00000113.